The van der Waals surface area contributed by atoms with Gasteiger partial charge in [0.25, 0.3) is 0 Å². The van der Waals surface area contributed by atoms with E-state index >= 15 is 0 Å². The van der Waals surface area contributed by atoms with Crippen LogP contribution in [0.5, 0.6) is 0 Å². The number of rotatable bonds is 7. The minimum atomic E-state index is -3.70. The fourth-order valence-corrected chi connectivity index (χ4v) is 3.26. The highest BCUT2D eigenvalue weighted by atomic mass is 32.2. The fraction of sp³-hybridized carbons (Fsp3) is 0.188. The average Bonchev–Trinajstić information content (AvgIpc) is 2.52. The van der Waals surface area contributed by atoms with Crippen molar-refractivity contribution in [3.05, 3.63) is 71.8 Å². The smallest absolute Gasteiger partial charge is 0.326 e. The SMILES string of the molecule is O=C(O)C(NS(=O)(=O)CCc1ccccc1)c1ccccc1. The lowest BCUT2D eigenvalue weighted by atomic mass is 10.1. The zero-order valence-corrected chi connectivity index (χ0v) is 12.7. The summed E-state index contributed by atoms with van der Waals surface area (Å²) in [6.45, 7) is 0. The van der Waals surface area contributed by atoms with E-state index in [0.29, 0.717) is 12.0 Å². The molecule has 0 saturated carbocycles. The lowest BCUT2D eigenvalue weighted by Gasteiger charge is -2.15. The van der Waals surface area contributed by atoms with E-state index in [9.17, 15) is 18.3 Å². The van der Waals surface area contributed by atoms with Crippen molar-refractivity contribution in [2.45, 2.75) is 12.5 Å². The van der Waals surface area contributed by atoms with Gasteiger partial charge in [-0.3, -0.25) is 4.79 Å². The first kappa shape index (κ1) is 16.2. The quantitative estimate of drug-likeness (QED) is 0.817. The van der Waals surface area contributed by atoms with E-state index < -0.39 is 22.0 Å². The Morgan fingerprint density at radius 2 is 1.55 bits per heavy atom. The summed E-state index contributed by atoms with van der Waals surface area (Å²) in [6, 6.07) is 16.2. The Hall–Kier alpha value is -2.18. The molecule has 0 fully saturated rings. The summed E-state index contributed by atoms with van der Waals surface area (Å²) in [5.74, 6) is -1.39. The second-order valence-corrected chi connectivity index (χ2v) is 6.73. The van der Waals surface area contributed by atoms with Crippen molar-refractivity contribution in [1.82, 2.24) is 4.72 Å². The van der Waals surface area contributed by atoms with Crippen molar-refractivity contribution >= 4 is 16.0 Å². The molecule has 2 aromatic rings. The monoisotopic (exact) mass is 319 g/mol. The van der Waals surface area contributed by atoms with Crippen LogP contribution in [-0.4, -0.2) is 25.2 Å². The second-order valence-electron chi connectivity index (χ2n) is 4.85. The standard InChI is InChI=1S/C16H17NO4S/c18-16(19)15(14-9-5-2-6-10-14)17-22(20,21)12-11-13-7-3-1-4-8-13/h1-10,15,17H,11-12H2,(H,18,19). The molecule has 116 valence electrons. The highest BCUT2D eigenvalue weighted by molar-refractivity contribution is 7.89. The van der Waals surface area contributed by atoms with Gasteiger partial charge in [-0.1, -0.05) is 60.7 Å². The van der Waals surface area contributed by atoms with E-state index in [-0.39, 0.29) is 5.75 Å². The zero-order valence-electron chi connectivity index (χ0n) is 11.8. The molecule has 0 heterocycles. The summed E-state index contributed by atoms with van der Waals surface area (Å²) >= 11 is 0. The summed E-state index contributed by atoms with van der Waals surface area (Å²) in [7, 11) is -3.70. The Morgan fingerprint density at radius 1 is 1.00 bits per heavy atom. The number of hydrogen-bond donors (Lipinski definition) is 2. The van der Waals surface area contributed by atoms with Crippen molar-refractivity contribution in [3.8, 4) is 0 Å². The van der Waals surface area contributed by atoms with Crippen LogP contribution in [0.4, 0.5) is 0 Å². The molecule has 1 atom stereocenters. The Morgan fingerprint density at radius 3 is 2.09 bits per heavy atom. The lowest BCUT2D eigenvalue weighted by Crippen LogP contribution is -2.35. The summed E-state index contributed by atoms with van der Waals surface area (Å²) in [5.41, 5.74) is 1.29. The summed E-state index contributed by atoms with van der Waals surface area (Å²) < 4.78 is 26.5. The zero-order chi connectivity index (χ0) is 16.0. The van der Waals surface area contributed by atoms with Gasteiger partial charge in [0.15, 0.2) is 0 Å². The third-order valence-corrected chi connectivity index (χ3v) is 4.52. The maximum atomic E-state index is 12.1. The predicted octanol–water partition coefficient (Wildman–Crippen LogP) is 1.97. The van der Waals surface area contributed by atoms with E-state index in [2.05, 4.69) is 4.72 Å². The fourth-order valence-electron chi connectivity index (χ4n) is 2.04. The van der Waals surface area contributed by atoms with E-state index in [0.717, 1.165) is 5.56 Å². The molecule has 5 nitrogen and oxygen atoms in total. The molecular formula is C16H17NO4S. The number of carbonyl (C=O) groups is 1. The second kappa shape index (κ2) is 7.20. The molecule has 1 unspecified atom stereocenters. The van der Waals surface area contributed by atoms with Crippen molar-refractivity contribution in [3.63, 3.8) is 0 Å². The number of carboxylic acid groups (broad SMARTS) is 1. The van der Waals surface area contributed by atoms with Crippen LogP contribution in [0.2, 0.25) is 0 Å². The molecule has 2 rings (SSSR count). The number of nitrogens with one attached hydrogen (secondary N) is 1. The third kappa shape index (κ3) is 4.68. The Balaban J connectivity index is 2.07. The van der Waals surface area contributed by atoms with Crippen LogP contribution in [0.25, 0.3) is 0 Å². The van der Waals surface area contributed by atoms with E-state index in [1.165, 1.54) is 0 Å². The van der Waals surface area contributed by atoms with Crippen LogP contribution >= 0.6 is 0 Å². The van der Waals surface area contributed by atoms with Crippen LogP contribution in [0.15, 0.2) is 60.7 Å². The van der Waals surface area contributed by atoms with Gasteiger partial charge < -0.3 is 5.11 Å². The normalized spacial score (nSPS) is 12.7. The Bertz CT molecular complexity index is 714. The van der Waals surface area contributed by atoms with Crippen LogP contribution < -0.4 is 4.72 Å². The highest BCUT2D eigenvalue weighted by Crippen LogP contribution is 2.14. The van der Waals surface area contributed by atoms with Gasteiger partial charge in [0.2, 0.25) is 10.0 Å². The number of sulfonamides is 1. The van der Waals surface area contributed by atoms with Crippen molar-refractivity contribution in [2.75, 3.05) is 5.75 Å². The first-order chi connectivity index (χ1) is 10.5. The minimum Gasteiger partial charge on any atom is -0.480 e. The van der Waals surface area contributed by atoms with Gasteiger partial charge in [0.1, 0.15) is 6.04 Å². The van der Waals surface area contributed by atoms with Gasteiger partial charge in [-0.15, -0.1) is 0 Å². The molecule has 22 heavy (non-hydrogen) atoms. The van der Waals surface area contributed by atoms with Crippen LogP contribution in [0.3, 0.4) is 0 Å². The largest absolute Gasteiger partial charge is 0.480 e. The maximum absolute atomic E-state index is 12.1. The minimum absolute atomic E-state index is 0.159. The summed E-state index contributed by atoms with van der Waals surface area (Å²) in [4.78, 5) is 11.3. The molecule has 0 saturated heterocycles. The molecule has 0 spiro atoms. The molecule has 0 bridgehead atoms. The number of hydrogen-bond acceptors (Lipinski definition) is 3. The molecule has 0 radical (unpaired) electrons. The Labute approximate surface area is 129 Å². The number of carboxylic acids is 1. The van der Waals surface area contributed by atoms with Gasteiger partial charge in [0, 0.05) is 0 Å². The average molecular weight is 319 g/mol. The number of aliphatic carboxylic acids is 1. The van der Waals surface area contributed by atoms with Crippen LogP contribution in [0, 0.1) is 0 Å². The van der Waals surface area contributed by atoms with E-state index in [1.54, 1.807) is 30.3 Å². The molecule has 0 aromatic heterocycles. The third-order valence-electron chi connectivity index (χ3n) is 3.18. The molecule has 0 amide bonds. The molecule has 0 aliphatic carbocycles. The lowest BCUT2D eigenvalue weighted by molar-refractivity contribution is -0.139. The molecule has 2 aromatic carbocycles. The first-order valence-electron chi connectivity index (χ1n) is 6.79. The summed E-state index contributed by atoms with van der Waals surface area (Å²) in [6.07, 6.45) is 0.331. The van der Waals surface area contributed by atoms with Crippen molar-refractivity contribution < 1.29 is 18.3 Å². The van der Waals surface area contributed by atoms with Gasteiger partial charge >= 0.3 is 5.97 Å². The van der Waals surface area contributed by atoms with Gasteiger partial charge in [-0.05, 0) is 17.5 Å². The van der Waals surface area contributed by atoms with Crippen LogP contribution in [0.1, 0.15) is 17.2 Å². The predicted molar refractivity (Wildman–Crippen MR) is 83.9 cm³/mol. The number of benzene rings is 2. The van der Waals surface area contributed by atoms with E-state index in [4.69, 9.17) is 0 Å². The number of aryl methyl sites for hydroxylation is 1. The van der Waals surface area contributed by atoms with Gasteiger partial charge in [0.05, 0.1) is 5.75 Å². The Kier molecular flexibility index (Phi) is 5.30. The molecule has 0 aliphatic rings. The van der Waals surface area contributed by atoms with Gasteiger partial charge in [-0.25, -0.2) is 8.42 Å². The van der Waals surface area contributed by atoms with Crippen molar-refractivity contribution in [2.24, 2.45) is 0 Å². The molecule has 2 N–H and O–H groups in total. The molecule has 0 aliphatic heterocycles. The van der Waals surface area contributed by atoms with Crippen molar-refractivity contribution in [1.29, 1.82) is 0 Å². The van der Waals surface area contributed by atoms with E-state index in [1.807, 2.05) is 30.3 Å². The maximum Gasteiger partial charge on any atom is 0.326 e. The van der Waals surface area contributed by atoms with Gasteiger partial charge in [-0.2, -0.15) is 4.72 Å². The highest BCUT2D eigenvalue weighted by Gasteiger charge is 2.25. The van der Waals surface area contributed by atoms with Crippen LogP contribution in [-0.2, 0) is 21.2 Å². The molecular weight excluding hydrogens is 302 g/mol. The summed E-state index contributed by atoms with van der Waals surface area (Å²) in [5, 5.41) is 9.25. The first-order valence-corrected chi connectivity index (χ1v) is 8.45. The topological polar surface area (TPSA) is 83.5 Å². The molecule has 6 heteroatoms.